The van der Waals surface area contributed by atoms with E-state index in [1.165, 1.54) is 0 Å². The summed E-state index contributed by atoms with van der Waals surface area (Å²) in [7, 11) is 1.65. The molecule has 0 aromatic heterocycles. The van der Waals surface area contributed by atoms with Crippen LogP contribution >= 0.6 is 15.9 Å². The van der Waals surface area contributed by atoms with Crippen LogP contribution in [0.4, 0.5) is 11.4 Å². The molecule has 3 aromatic rings. The molecule has 3 aromatic carbocycles. The van der Waals surface area contributed by atoms with E-state index < -0.39 is 0 Å². The number of aryl methyl sites for hydroxylation is 1. The van der Waals surface area contributed by atoms with E-state index in [2.05, 4.69) is 26.6 Å². The van der Waals surface area contributed by atoms with Gasteiger partial charge in [-0.2, -0.15) is 0 Å². The zero-order valence-corrected chi connectivity index (χ0v) is 18.0. The molecule has 0 heterocycles. The fraction of sp³-hybridized carbons (Fsp3) is 0.174. The summed E-state index contributed by atoms with van der Waals surface area (Å²) in [5.74, 6) is 1.25. The van der Waals surface area contributed by atoms with Gasteiger partial charge in [-0.3, -0.25) is 4.79 Å². The summed E-state index contributed by atoms with van der Waals surface area (Å²) in [6.45, 7) is 2.59. The highest BCUT2D eigenvalue weighted by molar-refractivity contribution is 9.10. The highest BCUT2D eigenvalue weighted by atomic mass is 79.9. The van der Waals surface area contributed by atoms with Gasteiger partial charge in [0, 0.05) is 17.9 Å². The number of anilines is 2. The molecule has 0 saturated carbocycles. The van der Waals surface area contributed by atoms with Crippen LogP contribution in [0.1, 0.15) is 11.1 Å². The second kappa shape index (κ2) is 9.98. The Kier molecular flexibility index (Phi) is 7.14. The molecule has 0 atom stereocenters. The maximum atomic E-state index is 12.1. The summed E-state index contributed by atoms with van der Waals surface area (Å²) in [5, 5.41) is 6.19. The van der Waals surface area contributed by atoms with E-state index in [1.54, 1.807) is 7.11 Å². The standard InChI is InChI=1S/C23H23BrN2O3/c1-16-4-3-5-19(12-16)26-23(27)15-29-22-11-6-17(13-21(22)24)14-25-18-7-9-20(28-2)10-8-18/h3-13,25H,14-15H2,1-2H3,(H,26,27). The van der Waals surface area contributed by atoms with Crippen LogP contribution < -0.4 is 20.1 Å². The summed E-state index contributed by atoms with van der Waals surface area (Å²) >= 11 is 3.52. The lowest BCUT2D eigenvalue weighted by Crippen LogP contribution is -2.20. The zero-order valence-electron chi connectivity index (χ0n) is 16.4. The minimum absolute atomic E-state index is 0.0595. The van der Waals surface area contributed by atoms with E-state index in [0.717, 1.165) is 32.7 Å². The highest BCUT2D eigenvalue weighted by Crippen LogP contribution is 2.26. The van der Waals surface area contributed by atoms with E-state index in [9.17, 15) is 4.79 Å². The molecule has 3 rings (SSSR count). The largest absolute Gasteiger partial charge is 0.497 e. The molecule has 29 heavy (non-hydrogen) atoms. The molecule has 0 radical (unpaired) electrons. The lowest BCUT2D eigenvalue weighted by Gasteiger charge is -2.12. The first-order valence-corrected chi connectivity index (χ1v) is 9.98. The van der Waals surface area contributed by atoms with Crippen molar-refractivity contribution in [3.05, 3.63) is 82.3 Å². The third-order valence-electron chi connectivity index (χ3n) is 4.24. The molecule has 0 saturated heterocycles. The molecule has 1 amide bonds. The molecule has 0 spiro atoms. The number of hydrogen-bond acceptors (Lipinski definition) is 4. The fourth-order valence-electron chi connectivity index (χ4n) is 2.75. The Balaban J connectivity index is 1.51. The molecular formula is C23H23BrN2O3. The van der Waals surface area contributed by atoms with E-state index in [1.807, 2.05) is 73.7 Å². The topological polar surface area (TPSA) is 59.6 Å². The number of ether oxygens (including phenoxy) is 2. The number of methoxy groups -OCH3 is 1. The van der Waals surface area contributed by atoms with Crippen molar-refractivity contribution >= 4 is 33.2 Å². The lowest BCUT2D eigenvalue weighted by atomic mass is 10.2. The zero-order chi connectivity index (χ0) is 20.6. The Hall–Kier alpha value is -2.99. The van der Waals surface area contributed by atoms with Gasteiger partial charge in [-0.25, -0.2) is 0 Å². The number of carbonyl (C=O) groups is 1. The Morgan fingerprint density at radius 3 is 2.48 bits per heavy atom. The van der Waals surface area contributed by atoms with Gasteiger partial charge in [-0.05, 0) is 82.5 Å². The number of nitrogens with one attached hydrogen (secondary N) is 2. The van der Waals surface area contributed by atoms with Gasteiger partial charge in [0.1, 0.15) is 11.5 Å². The van der Waals surface area contributed by atoms with Gasteiger partial charge >= 0.3 is 0 Å². The monoisotopic (exact) mass is 454 g/mol. The number of carbonyl (C=O) groups excluding carboxylic acids is 1. The molecule has 0 fully saturated rings. The second-order valence-corrected chi connectivity index (χ2v) is 7.41. The molecular weight excluding hydrogens is 432 g/mol. The molecule has 0 aliphatic rings. The predicted octanol–water partition coefficient (Wildman–Crippen LogP) is 5.40. The molecule has 2 N–H and O–H groups in total. The highest BCUT2D eigenvalue weighted by Gasteiger charge is 2.07. The van der Waals surface area contributed by atoms with Crippen LogP contribution in [0.15, 0.2) is 71.2 Å². The maximum absolute atomic E-state index is 12.1. The van der Waals surface area contributed by atoms with Gasteiger partial charge in [0.2, 0.25) is 0 Å². The molecule has 6 heteroatoms. The number of rotatable bonds is 8. The van der Waals surface area contributed by atoms with Gasteiger partial charge in [0.25, 0.3) is 5.91 Å². The third-order valence-corrected chi connectivity index (χ3v) is 4.86. The van der Waals surface area contributed by atoms with E-state index in [4.69, 9.17) is 9.47 Å². The van der Waals surface area contributed by atoms with Crippen LogP contribution in [-0.4, -0.2) is 19.6 Å². The summed E-state index contributed by atoms with van der Waals surface area (Å²) in [4.78, 5) is 12.1. The number of benzene rings is 3. The normalized spacial score (nSPS) is 10.3. The van der Waals surface area contributed by atoms with Crippen molar-refractivity contribution in [3.63, 3.8) is 0 Å². The Morgan fingerprint density at radius 2 is 1.79 bits per heavy atom. The van der Waals surface area contributed by atoms with Gasteiger partial charge in [0.05, 0.1) is 11.6 Å². The number of amides is 1. The summed E-state index contributed by atoms with van der Waals surface area (Å²) in [6.07, 6.45) is 0. The Bertz CT molecular complexity index is 974. The average molecular weight is 455 g/mol. The van der Waals surface area contributed by atoms with Gasteiger partial charge in [-0.15, -0.1) is 0 Å². The average Bonchev–Trinajstić information content (AvgIpc) is 2.72. The molecule has 150 valence electrons. The predicted molar refractivity (Wildman–Crippen MR) is 120 cm³/mol. The quantitative estimate of drug-likeness (QED) is 0.478. The van der Waals surface area contributed by atoms with Crippen molar-refractivity contribution in [1.82, 2.24) is 0 Å². The minimum Gasteiger partial charge on any atom is -0.497 e. The molecule has 5 nitrogen and oxygen atoms in total. The first kappa shape index (κ1) is 20.7. The summed E-state index contributed by atoms with van der Waals surface area (Å²) in [6, 6.07) is 21.2. The fourth-order valence-corrected chi connectivity index (χ4v) is 3.29. The van der Waals surface area contributed by atoms with E-state index in [-0.39, 0.29) is 12.5 Å². The smallest absolute Gasteiger partial charge is 0.262 e. The molecule has 0 aliphatic heterocycles. The minimum atomic E-state index is -0.201. The van der Waals surface area contributed by atoms with E-state index in [0.29, 0.717) is 12.3 Å². The van der Waals surface area contributed by atoms with Crippen LogP contribution in [0.5, 0.6) is 11.5 Å². The van der Waals surface area contributed by atoms with E-state index >= 15 is 0 Å². The van der Waals surface area contributed by atoms with Crippen LogP contribution in [0.2, 0.25) is 0 Å². The SMILES string of the molecule is COc1ccc(NCc2ccc(OCC(=O)Nc3cccc(C)c3)c(Br)c2)cc1. The molecule has 0 aliphatic carbocycles. The van der Waals surface area contributed by atoms with Crippen molar-refractivity contribution in [2.45, 2.75) is 13.5 Å². The van der Waals surface area contributed by atoms with Crippen molar-refractivity contribution < 1.29 is 14.3 Å². The summed E-state index contributed by atoms with van der Waals surface area (Å²) in [5.41, 5.74) is 3.95. The van der Waals surface area contributed by atoms with Gasteiger partial charge in [0.15, 0.2) is 6.61 Å². The first-order valence-electron chi connectivity index (χ1n) is 9.19. The molecule has 0 bridgehead atoms. The van der Waals surface area contributed by atoms with Crippen molar-refractivity contribution in [2.75, 3.05) is 24.4 Å². The van der Waals surface area contributed by atoms with Gasteiger partial charge < -0.3 is 20.1 Å². The van der Waals surface area contributed by atoms with Gasteiger partial charge in [-0.1, -0.05) is 18.2 Å². The lowest BCUT2D eigenvalue weighted by molar-refractivity contribution is -0.118. The van der Waals surface area contributed by atoms with Crippen LogP contribution in [0.3, 0.4) is 0 Å². The summed E-state index contributed by atoms with van der Waals surface area (Å²) < 4.78 is 11.6. The van der Waals surface area contributed by atoms with Crippen molar-refractivity contribution in [3.8, 4) is 11.5 Å². The van der Waals surface area contributed by atoms with Crippen LogP contribution in [-0.2, 0) is 11.3 Å². The number of hydrogen-bond donors (Lipinski definition) is 2. The van der Waals surface area contributed by atoms with Crippen molar-refractivity contribution in [1.29, 1.82) is 0 Å². The van der Waals surface area contributed by atoms with Crippen molar-refractivity contribution in [2.24, 2.45) is 0 Å². The number of halogens is 1. The second-order valence-electron chi connectivity index (χ2n) is 6.55. The maximum Gasteiger partial charge on any atom is 0.262 e. The third kappa shape index (κ3) is 6.26. The first-order chi connectivity index (χ1) is 14.0. The Morgan fingerprint density at radius 1 is 1.00 bits per heavy atom. The van der Waals surface area contributed by atoms with Crippen LogP contribution in [0.25, 0.3) is 0 Å². The Labute approximate surface area is 179 Å². The van der Waals surface area contributed by atoms with Crippen LogP contribution in [0, 0.1) is 6.92 Å². The molecule has 0 unspecified atom stereocenters.